The second-order valence-electron chi connectivity index (χ2n) is 9.96. The molecule has 0 unspecified atom stereocenters. The number of amides is 1. The Labute approximate surface area is 234 Å². The van der Waals surface area contributed by atoms with Crippen molar-refractivity contribution >= 4 is 29.1 Å². The van der Waals surface area contributed by atoms with Crippen LogP contribution >= 0.6 is 23.2 Å². The molecule has 1 amide bonds. The Hall–Kier alpha value is -3.31. The molecule has 0 saturated carbocycles. The van der Waals surface area contributed by atoms with Crippen LogP contribution in [-0.2, 0) is 6.42 Å². The number of piperidine rings is 1. The number of hydrogen-bond donors (Lipinski definition) is 2. The Bertz CT molecular complexity index is 1350. The molecular weight excluding hydrogens is 519 g/mol. The minimum Gasteiger partial charge on any atom is -0.404 e. The molecule has 0 atom stereocenters. The molecule has 4 rings (SSSR count). The first-order chi connectivity index (χ1) is 18.2. The summed E-state index contributed by atoms with van der Waals surface area (Å²) in [6.45, 7) is 9.23. The van der Waals surface area contributed by atoms with E-state index in [0.29, 0.717) is 58.6 Å². The van der Waals surface area contributed by atoms with Gasteiger partial charge in [-0.1, -0.05) is 48.5 Å². The number of carbonyl (C=O) groups excluding carboxylic acids is 1. The first kappa shape index (κ1) is 27.7. The number of likely N-dealkylation sites (tertiary alicyclic amines) is 2. The number of allylic oxidation sites excluding steroid dienone is 3. The Kier molecular flexibility index (Phi) is 8.47. The summed E-state index contributed by atoms with van der Waals surface area (Å²) in [5.41, 5.74) is 15.6. The maximum Gasteiger partial charge on any atom is 0.256 e. The van der Waals surface area contributed by atoms with Crippen LogP contribution in [0.5, 0.6) is 0 Å². The van der Waals surface area contributed by atoms with Gasteiger partial charge in [0.25, 0.3) is 5.91 Å². The van der Waals surface area contributed by atoms with Crippen LogP contribution in [-0.4, -0.2) is 58.9 Å². The Morgan fingerprint density at radius 2 is 1.84 bits per heavy atom. The van der Waals surface area contributed by atoms with Gasteiger partial charge in [-0.05, 0) is 56.0 Å². The zero-order valence-electron chi connectivity index (χ0n) is 21.7. The molecule has 4 N–H and O–H groups in total. The number of hydrogen-bond acceptors (Lipinski definition) is 6. The molecule has 7 nitrogen and oxygen atoms in total. The fourth-order valence-corrected chi connectivity index (χ4v) is 5.83. The predicted octanol–water partition coefficient (Wildman–Crippen LogP) is 4.40. The van der Waals surface area contributed by atoms with Crippen LogP contribution in [0, 0.1) is 17.3 Å². The second-order valence-corrected chi connectivity index (χ2v) is 10.8. The summed E-state index contributed by atoms with van der Waals surface area (Å²) in [4.78, 5) is 26.5. The molecule has 9 heteroatoms. The van der Waals surface area contributed by atoms with Gasteiger partial charge < -0.3 is 21.3 Å². The lowest BCUT2D eigenvalue weighted by molar-refractivity contribution is -0.0268. The zero-order chi connectivity index (χ0) is 27.4. The third-order valence-corrected chi connectivity index (χ3v) is 7.70. The Balaban J connectivity index is 1.64. The number of aryl methyl sites for hydroxylation is 1. The quantitative estimate of drug-likeness (QED) is 0.422. The van der Waals surface area contributed by atoms with E-state index >= 15 is 0 Å². The van der Waals surface area contributed by atoms with Crippen LogP contribution in [0.4, 0.5) is 0 Å². The van der Waals surface area contributed by atoms with Crippen molar-refractivity contribution in [3.8, 4) is 23.1 Å². The van der Waals surface area contributed by atoms with E-state index in [0.717, 1.165) is 31.6 Å². The standard InChI is InChI=1S/C29H32Cl2N6O/c1-4-25-22(8-7-20(15-32)6-5-19(2)33)27(35-18-34-25)21-13-23(30)26(24(31)14-21)28(38)37-11-9-29(10-12-37)16-36(3)17-29/h5-6,13-15,18H,2,4,9-12,16-17,32-33H2,1,3H3/b6-5-,20-15+. The van der Waals surface area contributed by atoms with Gasteiger partial charge in [0.1, 0.15) is 6.33 Å². The SMILES string of the molecule is C=C(N)/C=C\C(C#Cc1c(CC)ncnc1-c1cc(Cl)c(C(=O)N2CCC3(CC2)CN(C)C3)c(Cl)c1)=C/N. The average molecular weight is 552 g/mol. The maximum absolute atomic E-state index is 13.4. The molecule has 3 heterocycles. The van der Waals surface area contributed by atoms with Crippen molar-refractivity contribution in [3.63, 3.8) is 0 Å². The van der Waals surface area contributed by atoms with Crippen LogP contribution in [0.2, 0.25) is 10.0 Å². The molecule has 1 aromatic carbocycles. The van der Waals surface area contributed by atoms with E-state index in [1.165, 1.54) is 12.5 Å². The van der Waals surface area contributed by atoms with Gasteiger partial charge in [0.15, 0.2) is 0 Å². The maximum atomic E-state index is 13.4. The average Bonchev–Trinajstić information content (AvgIpc) is 2.87. The first-order valence-electron chi connectivity index (χ1n) is 12.5. The molecule has 1 spiro atoms. The van der Waals surface area contributed by atoms with Crippen LogP contribution in [0.25, 0.3) is 11.3 Å². The summed E-state index contributed by atoms with van der Waals surface area (Å²) in [5, 5.41) is 0.562. The van der Waals surface area contributed by atoms with Crippen molar-refractivity contribution in [2.75, 3.05) is 33.2 Å². The highest BCUT2D eigenvalue weighted by atomic mass is 35.5. The number of aromatic nitrogens is 2. The molecule has 2 aliphatic rings. The third kappa shape index (κ3) is 5.88. The molecule has 2 aromatic rings. The predicted molar refractivity (Wildman–Crippen MR) is 154 cm³/mol. The van der Waals surface area contributed by atoms with E-state index in [9.17, 15) is 4.79 Å². The molecule has 198 valence electrons. The highest BCUT2D eigenvalue weighted by Gasteiger charge is 2.44. The summed E-state index contributed by atoms with van der Waals surface area (Å²) in [5.74, 6) is 6.04. The van der Waals surface area contributed by atoms with E-state index in [1.54, 1.807) is 24.3 Å². The van der Waals surface area contributed by atoms with Crippen molar-refractivity contribution in [2.24, 2.45) is 16.9 Å². The summed E-state index contributed by atoms with van der Waals surface area (Å²) in [7, 11) is 2.13. The monoisotopic (exact) mass is 550 g/mol. The van der Waals surface area contributed by atoms with Crippen molar-refractivity contribution < 1.29 is 4.79 Å². The van der Waals surface area contributed by atoms with Crippen molar-refractivity contribution in [2.45, 2.75) is 26.2 Å². The zero-order valence-corrected chi connectivity index (χ0v) is 23.2. The molecule has 2 fully saturated rings. The molecule has 0 bridgehead atoms. The van der Waals surface area contributed by atoms with Gasteiger partial charge in [-0.25, -0.2) is 9.97 Å². The largest absolute Gasteiger partial charge is 0.404 e. The molecule has 38 heavy (non-hydrogen) atoms. The van der Waals surface area contributed by atoms with Crippen LogP contribution < -0.4 is 11.5 Å². The second kappa shape index (κ2) is 11.6. The molecule has 1 aromatic heterocycles. The normalized spacial score (nSPS) is 17.3. The van der Waals surface area contributed by atoms with Crippen molar-refractivity contribution in [1.29, 1.82) is 0 Å². The lowest BCUT2D eigenvalue weighted by Gasteiger charge is -2.52. The summed E-state index contributed by atoms with van der Waals surface area (Å²) in [6.07, 6.45) is 8.81. The minimum atomic E-state index is -0.142. The highest BCUT2D eigenvalue weighted by Crippen LogP contribution is 2.40. The van der Waals surface area contributed by atoms with Crippen molar-refractivity contribution in [3.05, 3.63) is 81.5 Å². The van der Waals surface area contributed by atoms with Crippen LogP contribution in [0.1, 0.15) is 41.4 Å². The van der Waals surface area contributed by atoms with Gasteiger partial charge in [0.05, 0.1) is 32.6 Å². The Morgan fingerprint density at radius 1 is 1.18 bits per heavy atom. The summed E-state index contributed by atoms with van der Waals surface area (Å²) in [6, 6.07) is 3.44. The number of halogens is 2. The van der Waals surface area contributed by atoms with E-state index in [-0.39, 0.29) is 16.0 Å². The van der Waals surface area contributed by atoms with E-state index in [1.807, 2.05) is 11.8 Å². The van der Waals surface area contributed by atoms with Gasteiger partial charge in [-0.15, -0.1) is 0 Å². The minimum absolute atomic E-state index is 0.142. The van der Waals surface area contributed by atoms with Gasteiger partial charge in [-0.2, -0.15) is 0 Å². The number of carbonyl (C=O) groups is 1. The summed E-state index contributed by atoms with van der Waals surface area (Å²) < 4.78 is 0. The number of benzene rings is 1. The van der Waals surface area contributed by atoms with Gasteiger partial charge in [-0.3, -0.25) is 4.79 Å². The highest BCUT2D eigenvalue weighted by molar-refractivity contribution is 6.40. The molecule has 2 saturated heterocycles. The summed E-state index contributed by atoms with van der Waals surface area (Å²) >= 11 is 13.4. The lowest BCUT2D eigenvalue weighted by Crippen LogP contribution is -2.59. The van der Waals surface area contributed by atoms with Crippen molar-refractivity contribution in [1.82, 2.24) is 19.8 Å². The fourth-order valence-electron chi connectivity index (χ4n) is 5.18. The lowest BCUT2D eigenvalue weighted by atomic mass is 9.72. The first-order valence-corrected chi connectivity index (χ1v) is 13.3. The molecule has 2 aliphatic heterocycles. The number of nitrogens with two attached hydrogens (primary N) is 2. The fraction of sp³-hybridized carbons (Fsp3) is 0.345. The van der Waals surface area contributed by atoms with E-state index in [2.05, 4.69) is 40.3 Å². The van der Waals surface area contributed by atoms with E-state index < -0.39 is 0 Å². The Morgan fingerprint density at radius 3 is 2.39 bits per heavy atom. The topological polar surface area (TPSA) is 101 Å². The van der Waals surface area contributed by atoms with Crippen LogP contribution in [0.3, 0.4) is 0 Å². The van der Waals surface area contributed by atoms with Gasteiger partial charge >= 0.3 is 0 Å². The molecule has 0 aliphatic carbocycles. The molecular formula is C29H32Cl2N6O. The number of rotatable bonds is 5. The smallest absolute Gasteiger partial charge is 0.256 e. The van der Waals surface area contributed by atoms with Gasteiger partial charge in [0.2, 0.25) is 0 Å². The van der Waals surface area contributed by atoms with Gasteiger partial charge in [0, 0.05) is 49.2 Å². The molecule has 0 radical (unpaired) electrons. The third-order valence-electron chi connectivity index (χ3n) is 7.10. The number of nitrogens with zero attached hydrogens (tertiary/aromatic N) is 4. The van der Waals surface area contributed by atoms with Crippen LogP contribution in [0.15, 0.2) is 54.7 Å². The van der Waals surface area contributed by atoms with E-state index in [4.69, 9.17) is 34.7 Å².